The number of hydrogen-bond donors (Lipinski definition) is 1. The molecule has 3 rings (SSSR count). The van der Waals surface area contributed by atoms with E-state index in [-0.39, 0.29) is 27.9 Å². The number of carbonyl (C=O) groups is 1. The van der Waals surface area contributed by atoms with Crippen LogP contribution in [-0.2, 0) is 21.0 Å². The average molecular weight is 582 g/mol. The number of aliphatic carboxylic acids is 1. The van der Waals surface area contributed by atoms with Crippen molar-refractivity contribution in [3.8, 4) is 5.75 Å². The third-order valence-electron chi connectivity index (χ3n) is 5.12. The predicted molar refractivity (Wildman–Crippen MR) is 136 cm³/mol. The number of hydrogen-bond acceptors (Lipinski definition) is 6. The van der Waals surface area contributed by atoms with E-state index in [0.717, 1.165) is 45.3 Å². The van der Waals surface area contributed by atoms with Gasteiger partial charge in [-0.3, -0.25) is 0 Å². The van der Waals surface area contributed by atoms with Crippen molar-refractivity contribution in [3.05, 3.63) is 52.5 Å². The van der Waals surface area contributed by atoms with Gasteiger partial charge < -0.3 is 9.84 Å². The van der Waals surface area contributed by atoms with Gasteiger partial charge in [0, 0.05) is 33.5 Å². The zero-order valence-corrected chi connectivity index (χ0v) is 22.5. The predicted octanol–water partition coefficient (Wildman–Crippen LogP) is 6.54. The Morgan fingerprint density at radius 1 is 1.19 bits per heavy atom. The van der Waals surface area contributed by atoms with Gasteiger partial charge in [0.05, 0.1) is 5.56 Å². The Hall–Kier alpha value is -1.99. The Labute approximate surface area is 220 Å². The van der Waals surface area contributed by atoms with E-state index in [1.807, 2.05) is 6.92 Å². The molecule has 0 aliphatic rings. The molecule has 0 atom stereocenters. The van der Waals surface area contributed by atoms with E-state index in [9.17, 15) is 26.4 Å². The first-order valence-electron chi connectivity index (χ1n) is 10.7. The molecule has 1 aromatic heterocycles. The smallest absolute Gasteiger partial charge is 0.420 e. The number of alkyl halides is 3. The Balaban J connectivity index is 1.79. The monoisotopic (exact) mass is 581 g/mol. The Morgan fingerprint density at radius 2 is 1.92 bits per heavy atom. The topological polar surface area (TPSA) is 83.9 Å². The van der Waals surface area contributed by atoms with E-state index in [0.29, 0.717) is 17.0 Å². The lowest BCUT2D eigenvalue weighted by Crippen LogP contribution is -2.33. The third kappa shape index (κ3) is 6.65. The van der Waals surface area contributed by atoms with E-state index in [1.165, 1.54) is 10.4 Å². The molecule has 196 valence electrons. The molecule has 0 amide bonds. The van der Waals surface area contributed by atoms with E-state index in [1.54, 1.807) is 25.1 Å². The quantitative estimate of drug-likeness (QED) is 0.259. The molecule has 0 fully saturated rings. The largest absolute Gasteiger partial charge is 0.481 e. The zero-order chi connectivity index (χ0) is 26.7. The van der Waals surface area contributed by atoms with Crippen molar-refractivity contribution in [2.45, 2.75) is 35.5 Å². The fraction of sp³-hybridized carbons (Fsp3) is 0.348. The first-order valence-corrected chi connectivity index (χ1v) is 14.3. The van der Waals surface area contributed by atoms with Crippen molar-refractivity contribution in [2.75, 3.05) is 25.4 Å². The highest BCUT2D eigenvalue weighted by Crippen LogP contribution is 2.39. The molecule has 3 aromatic rings. The standard InChI is InChI=1S/C23H23ClF3NO5S3/c1-3-8-28(36(31,32)22-14(2)17-11-15(24)4-7-20(17)35-22)9-10-34-16-5-6-19(33-13-21(29)30)18(12-16)23(25,26)27/h4-7,11-12H,3,8-10,13H2,1-2H3,(H,29,30). The maximum Gasteiger partial charge on any atom is 0.420 e. The number of carboxylic acids is 1. The molecule has 0 aliphatic carbocycles. The second kappa shape index (κ2) is 11.6. The number of fused-ring (bicyclic) bond motifs is 1. The summed E-state index contributed by atoms with van der Waals surface area (Å²) in [6, 6.07) is 8.53. The summed E-state index contributed by atoms with van der Waals surface area (Å²) in [4.78, 5) is 10.9. The second-order valence-electron chi connectivity index (χ2n) is 7.75. The van der Waals surface area contributed by atoms with Gasteiger partial charge in [-0.15, -0.1) is 23.1 Å². The van der Waals surface area contributed by atoms with Crippen LogP contribution in [0.3, 0.4) is 0 Å². The number of halogens is 4. The lowest BCUT2D eigenvalue weighted by Gasteiger charge is -2.21. The van der Waals surface area contributed by atoms with Gasteiger partial charge in [0.1, 0.15) is 9.96 Å². The second-order valence-corrected chi connectivity index (χ2v) is 12.5. The average Bonchev–Trinajstić information content (AvgIpc) is 3.13. The molecule has 1 N–H and O–H groups in total. The highest BCUT2D eigenvalue weighted by molar-refractivity contribution is 7.99. The molecular formula is C23H23ClF3NO5S3. The van der Waals surface area contributed by atoms with Crippen LogP contribution in [0.25, 0.3) is 10.1 Å². The van der Waals surface area contributed by atoms with Crippen LogP contribution < -0.4 is 4.74 Å². The normalized spacial score (nSPS) is 12.4. The SMILES string of the molecule is CCCN(CCSc1ccc(OCC(=O)O)c(C(F)(F)F)c1)S(=O)(=O)c1sc2ccc(Cl)cc2c1C. The molecule has 6 nitrogen and oxygen atoms in total. The van der Waals surface area contributed by atoms with Crippen molar-refractivity contribution in [2.24, 2.45) is 0 Å². The van der Waals surface area contributed by atoms with Gasteiger partial charge >= 0.3 is 12.1 Å². The summed E-state index contributed by atoms with van der Waals surface area (Å²) in [5, 5.41) is 9.96. The molecule has 0 aliphatic heterocycles. The third-order valence-corrected chi connectivity index (χ3v) is 10.1. The number of ether oxygens (including phenoxy) is 1. The molecule has 0 bridgehead atoms. The van der Waals surface area contributed by atoms with Crippen molar-refractivity contribution >= 4 is 60.8 Å². The summed E-state index contributed by atoms with van der Waals surface area (Å²) < 4.78 is 74.5. The van der Waals surface area contributed by atoms with Crippen LogP contribution in [0.4, 0.5) is 13.2 Å². The van der Waals surface area contributed by atoms with Crippen LogP contribution in [0.2, 0.25) is 5.02 Å². The summed E-state index contributed by atoms with van der Waals surface area (Å²) >= 11 is 8.30. The van der Waals surface area contributed by atoms with Crippen LogP contribution in [-0.4, -0.2) is 49.2 Å². The van der Waals surface area contributed by atoms with Gasteiger partial charge in [-0.25, -0.2) is 13.2 Å². The Bertz CT molecular complexity index is 1360. The summed E-state index contributed by atoms with van der Waals surface area (Å²) in [5.41, 5.74) is -0.482. The Morgan fingerprint density at radius 3 is 2.56 bits per heavy atom. The molecule has 0 saturated carbocycles. The number of sulfonamides is 1. The molecule has 0 unspecified atom stereocenters. The first kappa shape index (κ1) is 28.6. The van der Waals surface area contributed by atoms with E-state index >= 15 is 0 Å². The van der Waals surface area contributed by atoms with Crippen LogP contribution >= 0.6 is 34.7 Å². The maximum atomic E-state index is 13.5. The molecule has 0 radical (unpaired) electrons. The lowest BCUT2D eigenvalue weighted by atomic mass is 10.2. The van der Waals surface area contributed by atoms with Crippen LogP contribution in [0.5, 0.6) is 5.75 Å². The number of thiophene rings is 1. The van der Waals surface area contributed by atoms with Gasteiger partial charge in [0.25, 0.3) is 10.0 Å². The molecule has 0 saturated heterocycles. The molecule has 36 heavy (non-hydrogen) atoms. The van der Waals surface area contributed by atoms with Gasteiger partial charge in [-0.05, 0) is 60.7 Å². The number of aryl methyl sites for hydroxylation is 1. The van der Waals surface area contributed by atoms with Crippen molar-refractivity contribution in [3.63, 3.8) is 0 Å². The molecule has 13 heteroatoms. The van der Waals surface area contributed by atoms with Crippen molar-refractivity contribution in [1.82, 2.24) is 4.31 Å². The zero-order valence-electron chi connectivity index (χ0n) is 19.3. The van der Waals surface area contributed by atoms with Crippen LogP contribution in [0.15, 0.2) is 45.5 Å². The number of thioether (sulfide) groups is 1. The van der Waals surface area contributed by atoms with Gasteiger partial charge in [0.2, 0.25) is 0 Å². The lowest BCUT2D eigenvalue weighted by molar-refractivity contribution is -0.143. The number of carboxylic acid groups (broad SMARTS) is 1. The van der Waals surface area contributed by atoms with Crippen LogP contribution in [0, 0.1) is 6.92 Å². The summed E-state index contributed by atoms with van der Waals surface area (Å²) in [7, 11) is -3.84. The van der Waals surface area contributed by atoms with Gasteiger partial charge in [-0.2, -0.15) is 17.5 Å². The minimum absolute atomic E-state index is 0.0912. The van der Waals surface area contributed by atoms with Crippen LogP contribution in [0.1, 0.15) is 24.5 Å². The van der Waals surface area contributed by atoms with E-state index in [2.05, 4.69) is 0 Å². The number of rotatable bonds is 11. The summed E-state index contributed by atoms with van der Waals surface area (Å²) in [5.74, 6) is -1.76. The molecule has 1 heterocycles. The first-order chi connectivity index (χ1) is 16.8. The van der Waals surface area contributed by atoms with Crippen molar-refractivity contribution in [1.29, 1.82) is 0 Å². The molecular weight excluding hydrogens is 559 g/mol. The van der Waals surface area contributed by atoms with Gasteiger partial charge in [0.15, 0.2) is 6.61 Å². The highest BCUT2D eigenvalue weighted by atomic mass is 35.5. The minimum Gasteiger partial charge on any atom is -0.481 e. The van der Waals surface area contributed by atoms with Crippen molar-refractivity contribution < 1.29 is 36.2 Å². The molecule has 0 spiro atoms. The minimum atomic E-state index is -4.75. The fourth-order valence-corrected chi connectivity index (χ4v) is 8.10. The molecule has 2 aromatic carbocycles. The number of benzene rings is 2. The highest BCUT2D eigenvalue weighted by Gasteiger charge is 2.35. The fourth-order valence-electron chi connectivity index (χ4n) is 3.49. The van der Waals surface area contributed by atoms with E-state index in [4.69, 9.17) is 21.4 Å². The van der Waals surface area contributed by atoms with Gasteiger partial charge in [-0.1, -0.05) is 18.5 Å². The Kier molecular flexibility index (Phi) is 9.20. The summed E-state index contributed by atoms with van der Waals surface area (Å²) in [6.45, 7) is 3.02. The van der Waals surface area contributed by atoms with E-state index < -0.39 is 40.1 Å². The number of nitrogens with zero attached hydrogens (tertiary/aromatic N) is 1. The maximum absolute atomic E-state index is 13.5. The summed E-state index contributed by atoms with van der Waals surface area (Å²) in [6.07, 6.45) is -4.18.